The molecule has 2 aliphatic heterocycles. The number of benzene rings is 2. The maximum absolute atomic E-state index is 13.3. The number of carbonyl (C=O) groups is 1. The van der Waals surface area contributed by atoms with E-state index < -0.39 is 29.0 Å². The van der Waals surface area contributed by atoms with Gasteiger partial charge in [0.25, 0.3) is 0 Å². The maximum atomic E-state index is 13.3. The molecule has 0 radical (unpaired) electrons. The van der Waals surface area contributed by atoms with E-state index in [0.29, 0.717) is 43.4 Å². The average Bonchev–Trinajstić information content (AvgIpc) is 3.13. The second-order valence-electron chi connectivity index (χ2n) is 9.04. The fourth-order valence-electron chi connectivity index (χ4n) is 4.71. The lowest BCUT2D eigenvalue weighted by Crippen LogP contribution is -2.58. The molecule has 172 valence electrons. The fraction of sp³-hybridized carbons (Fsp3) is 0.480. The van der Waals surface area contributed by atoms with Crippen molar-refractivity contribution in [1.29, 1.82) is 0 Å². The van der Waals surface area contributed by atoms with E-state index in [-0.39, 0.29) is 12.6 Å². The van der Waals surface area contributed by atoms with Crippen LogP contribution in [-0.4, -0.2) is 24.7 Å². The molecule has 0 amide bonds. The molecule has 3 atom stereocenters. The summed E-state index contributed by atoms with van der Waals surface area (Å²) in [5.41, 5.74) is 0.445. The number of ether oxygens (including phenoxy) is 2. The van der Waals surface area contributed by atoms with E-state index in [1.165, 1.54) is 0 Å². The van der Waals surface area contributed by atoms with E-state index in [1.807, 2.05) is 30.3 Å². The monoisotopic (exact) mass is 447 g/mol. The van der Waals surface area contributed by atoms with Crippen LogP contribution in [0.1, 0.15) is 61.0 Å². The largest absolute Gasteiger partial charge is 0.458 e. The predicted molar refractivity (Wildman–Crippen MR) is 114 cm³/mol. The molecule has 2 saturated heterocycles. The minimum atomic E-state index is -4.40. The van der Waals surface area contributed by atoms with Crippen LogP contribution in [0.25, 0.3) is 0 Å². The minimum Gasteiger partial charge on any atom is -0.458 e. The molecule has 4 rings (SSSR count). The number of nitrogens with one attached hydrogen (secondary N) is 1. The van der Waals surface area contributed by atoms with E-state index in [2.05, 4.69) is 5.32 Å². The molecular formula is C25H28F3NO3. The first kappa shape index (κ1) is 22.8. The molecule has 7 heteroatoms. The lowest BCUT2D eigenvalue weighted by molar-refractivity contribution is -0.152. The summed E-state index contributed by atoms with van der Waals surface area (Å²) in [6.45, 7) is 4.24. The van der Waals surface area contributed by atoms with Crippen molar-refractivity contribution >= 4 is 5.97 Å². The average molecular weight is 447 g/mol. The van der Waals surface area contributed by atoms with Crippen LogP contribution in [0.15, 0.2) is 48.5 Å². The summed E-state index contributed by atoms with van der Waals surface area (Å²) in [7, 11) is 0. The van der Waals surface area contributed by atoms with Crippen LogP contribution in [0, 0.1) is 6.92 Å². The van der Waals surface area contributed by atoms with Crippen LogP contribution >= 0.6 is 0 Å². The summed E-state index contributed by atoms with van der Waals surface area (Å²) in [5.74, 6) is -0.163. The summed E-state index contributed by atoms with van der Waals surface area (Å²) >= 11 is 0. The summed E-state index contributed by atoms with van der Waals surface area (Å²) in [6.07, 6.45) is -2.38. The van der Waals surface area contributed by atoms with Gasteiger partial charge in [-0.1, -0.05) is 42.0 Å². The number of alkyl halides is 3. The van der Waals surface area contributed by atoms with Gasteiger partial charge in [-0.15, -0.1) is 0 Å². The van der Waals surface area contributed by atoms with Gasteiger partial charge in [0.1, 0.15) is 5.60 Å². The zero-order valence-corrected chi connectivity index (χ0v) is 18.3. The molecule has 0 saturated carbocycles. The van der Waals surface area contributed by atoms with Crippen LogP contribution in [-0.2, 0) is 26.0 Å². The van der Waals surface area contributed by atoms with Crippen molar-refractivity contribution in [1.82, 2.24) is 5.32 Å². The normalized spacial score (nSPS) is 26.8. The van der Waals surface area contributed by atoms with Gasteiger partial charge in [-0.25, -0.2) is 0 Å². The third-order valence-electron chi connectivity index (χ3n) is 6.67. The van der Waals surface area contributed by atoms with Gasteiger partial charge in [0, 0.05) is 13.0 Å². The summed E-state index contributed by atoms with van der Waals surface area (Å²) in [5, 5.41) is 3.57. The second kappa shape index (κ2) is 8.52. The van der Waals surface area contributed by atoms with Gasteiger partial charge < -0.3 is 14.8 Å². The number of piperidine rings is 1. The Hall–Kier alpha value is -2.38. The Bertz CT molecular complexity index is 966. The Kier molecular flexibility index (Phi) is 6.07. The highest BCUT2D eigenvalue weighted by Crippen LogP contribution is 2.41. The van der Waals surface area contributed by atoms with Crippen molar-refractivity contribution in [2.45, 2.75) is 63.0 Å². The number of hydrogen-bond donors (Lipinski definition) is 1. The summed E-state index contributed by atoms with van der Waals surface area (Å²) in [4.78, 5) is 11.7. The molecule has 0 aromatic heterocycles. The maximum Gasteiger partial charge on any atom is 0.416 e. The Balaban J connectivity index is 1.53. The zero-order valence-electron chi connectivity index (χ0n) is 18.3. The van der Waals surface area contributed by atoms with E-state index >= 15 is 0 Å². The standard InChI is InChI=1S/C25H28F3NO3/c1-17-12-19(14-21(13-17)25(26,27)28)18(2)31-16-24(20-6-4-3-5-7-20)11-10-23(15-29-24)9-8-22(30)32-23/h3-7,12-14,18,29H,8-11,15-16H2,1-2H3/t18-,23?,24-/m1/s1. The van der Waals surface area contributed by atoms with Crippen molar-refractivity contribution in [3.8, 4) is 0 Å². The van der Waals surface area contributed by atoms with Gasteiger partial charge in [-0.3, -0.25) is 4.79 Å². The van der Waals surface area contributed by atoms with Gasteiger partial charge in [-0.2, -0.15) is 13.2 Å². The SMILES string of the molecule is Cc1cc([C@@H](C)OC[C@@]2(c3ccccc3)CCC3(CCC(=O)O3)CN2)cc(C(F)(F)F)c1. The van der Waals surface area contributed by atoms with Crippen molar-refractivity contribution in [2.75, 3.05) is 13.2 Å². The van der Waals surface area contributed by atoms with E-state index in [4.69, 9.17) is 9.47 Å². The predicted octanol–water partition coefficient (Wildman–Crippen LogP) is 5.45. The van der Waals surface area contributed by atoms with Gasteiger partial charge in [0.05, 0.1) is 23.8 Å². The first-order chi connectivity index (χ1) is 15.1. The highest BCUT2D eigenvalue weighted by atomic mass is 19.4. The summed E-state index contributed by atoms with van der Waals surface area (Å²) < 4.78 is 51.6. The van der Waals surface area contributed by atoms with Crippen LogP contribution in [0.4, 0.5) is 13.2 Å². The molecule has 1 spiro atoms. The molecule has 0 bridgehead atoms. The molecule has 1 N–H and O–H groups in total. The van der Waals surface area contributed by atoms with E-state index in [0.717, 1.165) is 17.7 Å². The lowest BCUT2D eigenvalue weighted by Gasteiger charge is -2.45. The number of rotatable bonds is 5. The number of halogens is 3. The Morgan fingerprint density at radius 2 is 1.88 bits per heavy atom. The van der Waals surface area contributed by atoms with Crippen LogP contribution in [0.5, 0.6) is 0 Å². The number of aryl methyl sites for hydroxylation is 1. The first-order valence-electron chi connectivity index (χ1n) is 10.9. The highest BCUT2D eigenvalue weighted by Gasteiger charge is 2.48. The minimum absolute atomic E-state index is 0.163. The van der Waals surface area contributed by atoms with Gasteiger partial charge in [-0.05, 0) is 56.4 Å². The molecule has 1 unspecified atom stereocenters. The molecular weight excluding hydrogens is 419 g/mol. The quantitative estimate of drug-likeness (QED) is 0.620. The molecule has 2 aromatic rings. The highest BCUT2D eigenvalue weighted by molar-refractivity contribution is 5.72. The fourth-order valence-corrected chi connectivity index (χ4v) is 4.71. The van der Waals surface area contributed by atoms with Crippen LogP contribution in [0.2, 0.25) is 0 Å². The molecule has 2 aromatic carbocycles. The third-order valence-corrected chi connectivity index (χ3v) is 6.67. The van der Waals surface area contributed by atoms with E-state index in [1.54, 1.807) is 19.9 Å². The molecule has 2 heterocycles. The topological polar surface area (TPSA) is 47.6 Å². The van der Waals surface area contributed by atoms with Crippen molar-refractivity contribution in [3.05, 3.63) is 70.8 Å². The molecule has 32 heavy (non-hydrogen) atoms. The Labute approximate surface area is 186 Å². The van der Waals surface area contributed by atoms with Gasteiger partial charge >= 0.3 is 12.1 Å². The first-order valence-corrected chi connectivity index (χ1v) is 10.9. The lowest BCUT2D eigenvalue weighted by atomic mass is 9.77. The Morgan fingerprint density at radius 1 is 1.12 bits per heavy atom. The van der Waals surface area contributed by atoms with Crippen LogP contribution in [0.3, 0.4) is 0 Å². The van der Waals surface area contributed by atoms with Crippen molar-refractivity contribution in [3.63, 3.8) is 0 Å². The third kappa shape index (κ3) is 4.69. The van der Waals surface area contributed by atoms with E-state index in [9.17, 15) is 18.0 Å². The second-order valence-corrected chi connectivity index (χ2v) is 9.04. The number of carbonyl (C=O) groups excluding carboxylic acids is 1. The Morgan fingerprint density at radius 3 is 2.47 bits per heavy atom. The van der Waals surface area contributed by atoms with Crippen LogP contribution < -0.4 is 5.32 Å². The number of hydrogen-bond acceptors (Lipinski definition) is 4. The summed E-state index contributed by atoms with van der Waals surface area (Å²) in [6, 6.07) is 13.9. The smallest absolute Gasteiger partial charge is 0.416 e. The molecule has 4 nitrogen and oxygen atoms in total. The zero-order chi connectivity index (χ0) is 23.0. The van der Waals surface area contributed by atoms with Gasteiger partial charge in [0.2, 0.25) is 0 Å². The van der Waals surface area contributed by atoms with Crippen molar-refractivity contribution < 1.29 is 27.4 Å². The molecule has 2 fully saturated rings. The molecule has 0 aliphatic carbocycles. The molecule has 2 aliphatic rings. The van der Waals surface area contributed by atoms with Crippen molar-refractivity contribution in [2.24, 2.45) is 0 Å². The number of esters is 1. The van der Waals surface area contributed by atoms with Gasteiger partial charge in [0.15, 0.2) is 0 Å².